The molecule has 0 atom stereocenters. The van der Waals surface area contributed by atoms with Crippen LogP contribution in [0, 0.1) is 0 Å². The van der Waals surface area contributed by atoms with Crippen molar-refractivity contribution in [3.8, 4) is 0 Å². The van der Waals surface area contributed by atoms with Crippen molar-refractivity contribution in [3.05, 3.63) is 23.8 Å². The highest BCUT2D eigenvalue weighted by molar-refractivity contribution is 7.88. The van der Waals surface area contributed by atoms with Gasteiger partial charge in [0.15, 0.2) is 0 Å². The zero-order valence-electron chi connectivity index (χ0n) is 10.8. The third-order valence-corrected chi connectivity index (χ3v) is 2.75. The fourth-order valence-electron chi connectivity index (χ4n) is 1.22. The molecule has 0 aliphatic rings. The van der Waals surface area contributed by atoms with E-state index in [0.717, 1.165) is 6.26 Å². The van der Waals surface area contributed by atoms with Gasteiger partial charge in [-0.25, -0.2) is 23.1 Å². The van der Waals surface area contributed by atoms with Crippen molar-refractivity contribution in [3.63, 3.8) is 0 Å². The average Bonchev–Trinajstić information content (AvgIpc) is 2.34. The molecule has 0 saturated carbocycles. The minimum Gasteiger partial charge on any atom is -0.416 e. The van der Waals surface area contributed by atoms with Gasteiger partial charge in [-0.1, -0.05) is 0 Å². The van der Waals surface area contributed by atoms with E-state index in [1.54, 1.807) is 19.1 Å². The third-order valence-electron chi connectivity index (χ3n) is 2.02. The second kappa shape index (κ2) is 7.02. The summed E-state index contributed by atoms with van der Waals surface area (Å²) in [5.74, 6) is 6.11. The molecular formula is C10H17N5O3S. The van der Waals surface area contributed by atoms with Gasteiger partial charge in [-0.05, 0) is 6.92 Å². The summed E-state index contributed by atoms with van der Waals surface area (Å²) in [6, 6.07) is 1.70. The molecule has 0 spiro atoms. The average molecular weight is 287 g/mol. The lowest BCUT2D eigenvalue weighted by atomic mass is 10.3. The first-order chi connectivity index (χ1) is 8.90. The van der Waals surface area contributed by atoms with E-state index in [9.17, 15) is 8.42 Å². The standard InChI is InChI=1S/C10H17N5O3S/c1-8(18-11)5-9-6-10(14-7-13-9)12-3-4-15-19(2,16)17/h5-7,15H,3-4,11H2,1-2H3,(H,12,13,14)/b8-5+. The van der Waals surface area contributed by atoms with Gasteiger partial charge in [0.05, 0.1) is 11.9 Å². The van der Waals surface area contributed by atoms with E-state index in [-0.39, 0.29) is 6.54 Å². The Balaban J connectivity index is 2.53. The number of hydrogen-bond acceptors (Lipinski definition) is 7. The van der Waals surface area contributed by atoms with Gasteiger partial charge >= 0.3 is 0 Å². The number of sulfonamides is 1. The van der Waals surface area contributed by atoms with Crippen LogP contribution in [0.5, 0.6) is 0 Å². The molecule has 4 N–H and O–H groups in total. The molecule has 0 amide bonds. The van der Waals surface area contributed by atoms with Crippen LogP contribution >= 0.6 is 0 Å². The van der Waals surface area contributed by atoms with Crippen molar-refractivity contribution in [1.82, 2.24) is 14.7 Å². The van der Waals surface area contributed by atoms with Gasteiger partial charge in [0.1, 0.15) is 17.9 Å². The quantitative estimate of drug-likeness (QED) is 0.357. The molecule has 0 bridgehead atoms. The zero-order valence-corrected chi connectivity index (χ0v) is 11.6. The molecule has 9 heteroatoms. The van der Waals surface area contributed by atoms with Crippen LogP contribution in [0.3, 0.4) is 0 Å². The van der Waals surface area contributed by atoms with Gasteiger partial charge in [-0.2, -0.15) is 5.90 Å². The minimum atomic E-state index is -3.17. The van der Waals surface area contributed by atoms with Gasteiger partial charge in [-0.3, -0.25) is 0 Å². The molecule has 19 heavy (non-hydrogen) atoms. The SMILES string of the molecule is C/C(=C\c1cc(NCCNS(C)(=O)=O)ncn1)ON. The van der Waals surface area contributed by atoms with Crippen molar-refractivity contribution >= 4 is 21.9 Å². The van der Waals surface area contributed by atoms with Crippen molar-refractivity contribution in [2.45, 2.75) is 6.92 Å². The fraction of sp³-hybridized carbons (Fsp3) is 0.400. The van der Waals surface area contributed by atoms with Gasteiger partial charge in [0.2, 0.25) is 10.0 Å². The first-order valence-electron chi connectivity index (χ1n) is 5.46. The number of rotatable bonds is 7. The Morgan fingerprint density at radius 1 is 1.47 bits per heavy atom. The summed E-state index contributed by atoms with van der Waals surface area (Å²) in [6.45, 7) is 2.39. The fourth-order valence-corrected chi connectivity index (χ4v) is 1.69. The van der Waals surface area contributed by atoms with Gasteiger partial charge in [-0.15, -0.1) is 0 Å². The molecule has 0 aliphatic heterocycles. The van der Waals surface area contributed by atoms with E-state index in [1.807, 2.05) is 0 Å². The van der Waals surface area contributed by atoms with Crippen LogP contribution in [0.25, 0.3) is 6.08 Å². The molecular weight excluding hydrogens is 270 g/mol. The minimum absolute atomic E-state index is 0.277. The van der Waals surface area contributed by atoms with E-state index < -0.39 is 10.0 Å². The van der Waals surface area contributed by atoms with Gasteiger partial charge in [0, 0.05) is 25.2 Å². The molecule has 0 aromatic carbocycles. The van der Waals surface area contributed by atoms with Crippen molar-refractivity contribution in [2.24, 2.45) is 5.90 Å². The van der Waals surface area contributed by atoms with E-state index >= 15 is 0 Å². The molecule has 8 nitrogen and oxygen atoms in total. The number of allylic oxidation sites excluding steroid dienone is 1. The first-order valence-corrected chi connectivity index (χ1v) is 7.35. The van der Waals surface area contributed by atoms with E-state index in [1.165, 1.54) is 6.33 Å². The maximum atomic E-state index is 10.9. The Morgan fingerprint density at radius 3 is 2.84 bits per heavy atom. The van der Waals surface area contributed by atoms with E-state index in [4.69, 9.17) is 5.90 Å². The summed E-state index contributed by atoms with van der Waals surface area (Å²) in [5, 5.41) is 2.97. The summed E-state index contributed by atoms with van der Waals surface area (Å²) in [6.07, 6.45) is 4.15. The highest BCUT2D eigenvalue weighted by Gasteiger charge is 2.00. The van der Waals surface area contributed by atoms with E-state index in [2.05, 4.69) is 24.8 Å². The Morgan fingerprint density at radius 2 is 2.21 bits per heavy atom. The predicted octanol–water partition coefficient (Wildman–Crippen LogP) is -0.311. The third kappa shape index (κ3) is 6.70. The van der Waals surface area contributed by atoms with Crippen molar-refractivity contribution in [2.75, 3.05) is 24.7 Å². The first kappa shape index (κ1) is 15.3. The number of nitrogens with zero attached hydrogens (tertiary/aromatic N) is 2. The highest BCUT2D eigenvalue weighted by atomic mass is 32.2. The Labute approximate surface area is 112 Å². The topological polar surface area (TPSA) is 119 Å². The molecule has 0 fully saturated rings. The van der Waals surface area contributed by atoms with Crippen LogP contribution in [-0.2, 0) is 14.9 Å². The molecule has 1 aromatic heterocycles. The van der Waals surface area contributed by atoms with Crippen LogP contribution < -0.4 is 15.9 Å². The second-order valence-corrected chi connectivity index (χ2v) is 5.63. The Bertz CT molecular complexity index is 544. The predicted molar refractivity (Wildman–Crippen MR) is 72.3 cm³/mol. The summed E-state index contributed by atoms with van der Waals surface area (Å²) in [5.41, 5.74) is 0.636. The number of hydrogen-bond donors (Lipinski definition) is 3. The lowest BCUT2D eigenvalue weighted by Gasteiger charge is -2.06. The van der Waals surface area contributed by atoms with Crippen LogP contribution in [0.4, 0.5) is 5.82 Å². The van der Waals surface area contributed by atoms with E-state index in [0.29, 0.717) is 23.8 Å². The molecule has 1 rings (SSSR count). The Hall–Kier alpha value is -1.71. The maximum Gasteiger partial charge on any atom is 0.208 e. The second-order valence-electron chi connectivity index (χ2n) is 3.79. The lowest BCUT2D eigenvalue weighted by molar-refractivity contribution is 0.226. The summed E-state index contributed by atoms with van der Waals surface area (Å²) >= 11 is 0. The molecule has 106 valence electrons. The normalized spacial score (nSPS) is 12.3. The number of nitrogens with one attached hydrogen (secondary N) is 2. The number of aromatic nitrogens is 2. The molecule has 0 saturated heterocycles. The van der Waals surface area contributed by atoms with Crippen LogP contribution in [0.15, 0.2) is 18.2 Å². The van der Waals surface area contributed by atoms with Crippen LogP contribution in [-0.4, -0.2) is 37.7 Å². The summed E-state index contributed by atoms with van der Waals surface area (Å²) in [4.78, 5) is 12.6. The number of nitrogens with two attached hydrogens (primary N) is 1. The van der Waals surface area contributed by atoms with Crippen molar-refractivity contribution < 1.29 is 13.3 Å². The molecule has 0 unspecified atom stereocenters. The molecule has 1 heterocycles. The Kier molecular flexibility index (Phi) is 5.67. The summed E-state index contributed by atoms with van der Waals surface area (Å²) in [7, 11) is -3.17. The largest absolute Gasteiger partial charge is 0.416 e. The molecule has 0 aliphatic carbocycles. The summed E-state index contributed by atoms with van der Waals surface area (Å²) < 4.78 is 24.1. The molecule has 0 radical (unpaired) electrons. The van der Waals surface area contributed by atoms with Crippen molar-refractivity contribution in [1.29, 1.82) is 0 Å². The van der Waals surface area contributed by atoms with Crippen LogP contribution in [0.1, 0.15) is 12.6 Å². The lowest BCUT2D eigenvalue weighted by Crippen LogP contribution is -2.27. The van der Waals surface area contributed by atoms with Gasteiger partial charge < -0.3 is 10.2 Å². The maximum absolute atomic E-state index is 10.9. The zero-order chi connectivity index (χ0) is 14.3. The van der Waals surface area contributed by atoms with Gasteiger partial charge in [0.25, 0.3) is 0 Å². The van der Waals surface area contributed by atoms with Crippen LogP contribution in [0.2, 0.25) is 0 Å². The molecule has 1 aromatic rings. The number of anilines is 1. The smallest absolute Gasteiger partial charge is 0.208 e. The monoisotopic (exact) mass is 287 g/mol. The highest BCUT2D eigenvalue weighted by Crippen LogP contribution is 2.07.